The summed E-state index contributed by atoms with van der Waals surface area (Å²) in [5.41, 5.74) is 1.21. The number of benzene rings is 1. The fourth-order valence-corrected chi connectivity index (χ4v) is 2.14. The van der Waals surface area contributed by atoms with Crippen molar-refractivity contribution in [2.24, 2.45) is 5.16 Å². The lowest BCUT2D eigenvalue weighted by atomic mass is 10.2. The van der Waals surface area contributed by atoms with E-state index in [1.54, 1.807) is 19.1 Å². The molecule has 5 nitrogen and oxygen atoms in total. The Morgan fingerprint density at radius 1 is 1.50 bits per heavy atom. The quantitative estimate of drug-likeness (QED) is 0.497. The molecule has 2 aromatic rings. The first-order valence-corrected chi connectivity index (χ1v) is 5.68. The molecule has 1 heterocycles. The number of hydrogen-bond acceptors (Lipinski definition) is 5. The van der Waals surface area contributed by atoms with Crippen LogP contribution < -0.4 is 5.36 Å². The molecule has 1 aliphatic carbocycles. The highest BCUT2D eigenvalue weighted by Gasteiger charge is 2.46. The third-order valence-electron chi connectivity index (χ3n) is 2.97. The summed E-state index contributed by atoms with van der Waals surface area (Å²) < 4.78 is 10.6. The minimum atomic E-state index is -0.525. The molecular weight excluding hydrogens is 234 g/mol. The Labute approximate surface area is 102 Å². The second-order valence-corrected chi connectivity index (χ2v) is 4.01. The minimum Gasteiger partial charge on any atom is -0.465 e. The van der Waals surface area contributed by atoms with Crippen molar-refractivity contribution in [2.75, 3.05) is 6.61 Å². The van der Waals surface area contributed by atoms with Gasteiger partial charge in [0.25, 0.3) is 0 Å². The zero-order valence-electron chi connectivity index (χ0n) is 9.71. The minimum absolute atomic E-state index is 0.314. The van der Waals surface area contributed by atoms with Gasteiger partial charge < -0.3 is 14.4 Å². The molecule has 5 heteroatoms. The van der Waals surface area contributed by atoms with E-state index in [4.69, 9.17) is 14.4 Å². The Bertz CT molecular complexity index is 702. The average Bonchev–Trinajstić information content (AvgIpc) is 3.09. The Kier molecular flexibility index (Phi) is 2.33. The van der Waals surface area contributed by atoms with E-state index in [0.29, 0.717) is 34.3 Å². The molecule has 0 saturated carbocycles. The lowest BCUT2D eigenvalue weighted by molar-refractivity contribution is -0.142. The van der Waals surface area contributed by atoms with E-state index < -0.39 is 5.92 Å². The van der Waals surface area contributed by atoms with E-state index >= 15 is 0 Å². The van der Waals surface area contributed by atoms with Crippen molar-refractivity contribution in [2.45, 2.75) is 12.8 Å². The number of rotatable bonds is 2. The third-order valence-corrected chi connectivity index (χ3v) is 2.97. The lowest BCUT2D eigenvalue weighted by Gasteiger charge is -1.96. The maximum atomic E-state index is 11.7. The van der Waals surface area contributed by atoms with Crippen LogP contribution in [0.1, 0.15) is 24.2 Å². The summed E-state index contributed by atoms with van der Waals surface area (Å²) in [7, 11) is 0. The first kappa shape index (κ1) is 10.8. The van der Waals surface area contributed by atoms with Crippen molar-refractivity contribution in [1.29, 1.82) is 0 Å². The van der Waals surface area contributed by atoms with Gasteiger partial charge in [0.1, 0.15) is 22.6 Å². The highest BCUT2D eigenvalue weighted by molar-refractivity contribution is 5.92. The summed E-state index contributed by atoms with van der Waals surface area (Å²) in [6, 6.07) is 7.20. The van der Waals surface area contributed by atoms with E-state index in [9.17, 15) is 4.79 Å². The lowest BCUT2D eigenvalue weighted by Crippen LogP contribution is -2.09. The number of nitrogens with zero attached hydrogens (tertiary/aromatic N) is 1. The number of esters is 1. The molecule has 1 atom stereocenters. The molecule has 0 bridgehead atoms. The molecule has 0 spiro atoms. The molecule has 1 aliphatic rings. The Balaban J connectivity index is 2.18. The standard InChI is InChI=1S/C13H11NO4/c1-2-17-13(15)10-9-11(14-16)7-5-3-4-6-8(7)18-12(9)10/h3-6,10,16H,2H2,1H3/b14-11-/t10-/m0/s1. The molecule has 1 aromatic carbocycles. The highest BCUT2D eigenvalue weighted by atomic mass is 16.5. The predicted octanol–water partition coefficient (Wildman–Crippen LogP) is 1.73. The van der Waals surface area contributed by atoms with Crippen LogP contribution in [-0.4, -0.2) is 17.8 Å². The molecule has 92 valence electrons. The number of para-hydroxylation sites is 1. The molecule has 1 N–H and O–H groups in total. The van der Waals surface area contributed by atoms with Gasteiger partial charge in [-0.15, -0.1) is 0 Å². The van der Waals surface area contributed by atoms with E-state index in [-0.39, 0.29) is 5.97 Å². The van der Waals surface area contributed by atoms with Crippen molar-refractivity contribution >= 4 is 16.9 Å². The molecule has 1 aromatic heterocycles. The van der Waals surface area contributed by atoms with E-state index in [0.717, 1.165) is 0 Å². The van der Waals surface area contributed by atoms with Crippen molar-refractivity contribution in [3.05, 3.63) is 40.9 Å². The van der Waals surface area contributed by atoms with Gasteiger partial charge in [0.2, 0.25) is 0 Å². The number of fused-ring (bicyclic) bond motifs is 2. The molecule has 0 saturated heterocycles. The van der Waals surface area contributed by atoms with Crippen LogP contribution in [0, 0.1) is 0 Å². The van der Waals surface area contributed by atoms with Crippen LogP contribution in [0.2, 0.25) is 0 Å². The summed E-state index contributed by atoms with van der Waals surface area (Å²) in [5, 5.41) is 13.5. The smallest absolute Gasteiger partial charge is 0.321 e. The highest BCUT2D eigenvalue weighted by Crippen LogP contribution is 2.43. The second kappa shape index (κ2) is 3.87. The van der Waals surface area contributed by atoms with Gasteiger partial charge >= 0.3 is 5.97 Å². The van der Waals surface area contributed by atoms with Gasteiger partial charge in [-0.25, -0.2) is 0 Å². The van der Waals surface area contributed by atoms with Crippen LogP contribution in [0.15, 0.2) is 33.8 Å². The van der Waals surface area contributed by atoms with Crippen LogP contribution in [0.5, 0.6) is 0 Å². The molecule has 0 unspecified atom stereocenters. The van der Waals surface area contributed by atoms with Gasteiger partial charge in [-0.3, -0.25) is 4.79 Å². The molecule has 0 radical (unpaired) electrons. The Morgan fingerprint density at radius 2 is 2.28 bits per heavy atom. The molecular formula is C13H11NO4. The number of carbonyl (C=O) groups excluding carboxylic acids is 1. The fourth-order valence-electron chi connectivity index (χ4n) is 2.14. The fraction of sp³-hybridized carbons (Fsp3) is 0.231. The van der Waals surface area contributed by atoms with Crippen LogP contribution in [0.4, 0.5) is 0 Å². The Hall–Kier alpha value is -2.30. The first-order valence-electron chi connectivity index (χ1n) is 5.68. The van der Waals surface area contributed by atoms with E-state index in [1.165, 1.54) is 0 Å². The van der Waals surface area contributed by atoms with Gasteiger partial charge in [0.15, 0.2) is 0 Å². The summed E-state index contributed by atoms with van der Waals surface area (Å²) in [6.07, 6.45) is 0. The van der Waals surface area contributed by atoms with Gasteiger partial charge in [-0.2, -0.15) is 0 Å². The largest absolute Gasteiger partial charge is 0.465 e. The predicted molar refractivity (Wildman–Crippen MR) is 62.0 cm³/mol. The molecule has 0 amide bonds. The van der Waals surface area contributed by atoms with E-state index in [2.05, 4.69) is 5.16 Å². The van der Waals surface area contributed by atoms with Gasteiger partial charge in [0, 0.05) is 10.9 Å². The summed E-state index contributed by atoms with van der Waals surface area (Å²) in [5.74, 6) is -0.361. The molecule has 18 heavy (non-hydrogen) atoms. The van der Waals surface area contributed by atoms with Crippen molar-refractivity contribution < 1.29 is 19.2 Å². The topological polar surface area (TPSA) is 72.0 Å². The number of ether oxygens (including phenoxy) is 1. The monoisotopic (exact) mass is 245 g/mol. The number of carbonyl (C=O) groups is 1. The zero-order valence-corrected chi connectivity index (χ0v) is 9.71. The number of hydrogen-bond donors (Lipinski definition) is 1. The first-order chi connectivity index (χ1) is 8.77. The van der Waals surface area contributed by atoms with Crippen LogP contribution >= 0.6 is 0 Å². The van der Waals surface area contributed by atoms with E-state index in [1.807, 2.05) is 12.1 Å². The van der Waals surface area contributed by atoms with Gasteiger partial charge in [-0.1, -0.05) is 17.3 Å². The maximum absolute atomic E-state index is 11.7. The van der Waals surface area contributed by atoms with Crippen LogP contribution in [0.3, 0.4) is 0 Å². The maximum Gasteiger partial charge on any atom is 0.321 e. The van der Waals surface area contributed by atoms with Crippen molar-refractivity contribution in [1.82, 2.24) is 0 Å². The van der Waals surface area contributed by atoms with Crippen molar-refractivity contribution in [3.63, 3.8) is 0 Å². The van der Waals surface area contributed by atoms with Gasteiger partial charge in [-0.05, 0) is 19.1 Å². The summed E-state index contributed by atoms with van der Waals surface area (Å²) in [4.78, 5) is 11.7. The van der Waals surface area contributed by atoms with Crippen LogP contribution in [-0.2, 0) is 9.53 Å². The van der Waals surface area contributed by atoms with Gasteiger partial charge in [0.05, 0.1) is 6.61 Å². The van der Waals surface area contributed by atoms with Crippen LogP contribution in [0.25, 0.3) is 11.0 Å². The average molecular weight is 245 g/mol. The molecule has 0 fully saturated rings. The van der Waals surface area contributed by atoms with Crippen molar-refractivity contribution in [3.8, 4) is 0 Å². The zero-order chi connectivity index (χ0) is 12.7. The molecule has 3 rings (SSSR count). The molecule has 0 aliphatic heterocycles. The summed E-state index contributed by atoms with van der Waals surface area (Å²) in [6.45, 7) is 2.06. The normalized spacial score (nSPS) is 17.6. The summed E-state index contributed by atoms with van der Waals surface area (Å²) >= 11 is 0. The third kappa shape index (κ3) is 1.40. The SMILES string of the molecule is CCOC(=O)[C@@H]1c2oc3ccccc3/c(=N/O)c21. The Morgan fingerprint density at radius 3 is 3.00 bits per heavy atom. The second-order valence-electron chi connectivity index (χ2n) is 4.01.